The molecule has 3 N–H and O–H groups in total. The van der Waals surface area contributed by atoms with Gasteiger partial charge in [0.05, 0.1) is 46.7 Å². The van der Waals surface area contributed by atoms with E-state index in [4.69, 9.17) is 0 Å². The first kappa shape index (κ1) is 22.3. The number of halogens is 2. The number of H-pyrrole nitrogens is 1. The standard InChI is InChI=1S/C26H19F2N5O2/c27-17-6-4-15(5-7-17)19(14-34)26(35)33-22-11-16(8-10-30-22)24-23(20-3-1-2-9-29-20)25-21(32-24)12-18(28)13-31-25/h1-13,19,32,34H,14H2,(H,30,33,35)/t19-/m0/s1. The predicted octanol–water partition coefficient (Wildman–Crippen LogP) is 4.68. The van der Waals surface area contributed by atoms with Crippen LogP contribution in [0.15, 0.2) is 79.3 Å². The van der Waals surface area contributed by atoms with Crippen LogP contribution in [0.1, 0.15) is 11.5 Å². The molecule has 0 radical (unpaired) electrons. The molecule has 0 fully saturated rings. The SMILES string of the molecule is O=C(Nc1cc(-c2[nH]c3cc(F)cnc3c2-c2ccccn2)ccn1)[C@@H](CO)c1ccc(F)cc1. The number of aromatic amines is 1. The number of aromatic nitrogens is 4. The quantitative estimate of drug-likeness (QED) is 0.334. The van der Waals surface area contributed by atoms with Crippen LogP contribution in [0.2, 0.25) is 0 Å². The highest BCUT2D eigenvalue weighted by Gasteiger charge is 2.22. The number of nitrogens with zero attached hydrogens (tertiary/aromatic N) is 3. The molecule has 0 aliphatic heterocycles. The van der Waals surface area contributed by atoms with Gasteiger partial charge in [0, 0.05) is 24.0 Å². The van der Waals surface area contributed by atoms with Crippen LogP contribution in [0.25, 0.3) is 33.5 Å². The van der Waals surface area contributed by atoms with E-state index in [9.17, 15) is 18.7 Å². The largest absolute Gasteiger partial charge is 0.395 e. The lowest BCUT2D eigenvalue weighted by molar-refractivity contribution is -0.118. The van der Waals surface area contributed by atoms with E-state index in [1.807, 2.05) is 12.1 Å². The van der Waals surface area contributed by atoms with E-state index in [1.165, 1.54) is 36.5 Å². The minimum absolute atomic E-state index is 0.248. The van der Waals surface area contributed by atoms with Crippen molar-refractivity contribution in [1.29, 1.82) is 0 Å². The third-order valence-electron chi connectivity index (χ3n) is 5.59. The second kappa shape index (κ2) is 9.40. The van der Waals surface area contributed by atoms with Gasteiger partial charge in [-0.25, -0.2) is 13.8 Å². The lowest BCUT2D eigenvalue weighted by atomic mass is 9.99. The summed E-state index contributed by atoms with van der Waals surface area (Å²) in [6, 6.07) is 15.6. The summed E-state index contributed by atoms with van der Waals surface area (Å²) in [5, 5.41) is 12.5. The molecule has 174 valence electrons. The summed E-state index contributed by atoms with van der Waals surface area (Å²) in [5.41, 5.74) is 4.15. The number of hydrogen-bond acceptors (Lipinski definition) is 5. The molecule has 5 rings (SSSR count). The second-order valence-electron chi connectivity index (χ2n) is 7.85. The first-order valence-electron chi connectivity index (χ1n) is 10.8. The summed E-state index contributed by atoms with van der Waals surface area (Å²) in [6.45, 7) is -0.458. The van der Waals surface area contributed by atoms with Crippen LogP contribution in [0, 0.1) is 11.6 Å². The third-order valence-corrected chi connectivity index (χ3v) is 5.59. The van der Waals surface area contributed by atoms with E-state index in [-0.39, 0.29) is 5.82 Å². The molecule has 0 saturated carbocycles. The molecule has 1 amide bonds. The maximum absolute atomic E-state index is 13.9. The number of benzene rings is 1. The third kappa shape index (κ3) is 4.49. The van der Waals surface area contributed by atoms with Gasteiger partial charge in [0.25, 0.3) is 0 Å². The molecule has 0 bridgehead atoms. The van der Waals surface area contributed by atoms with Gasteiger partial charge in [-0.05, 0) is 42.0 Å². The molecule has 0 unspecified atom stereocenters. The number of rotatable bonds is 6. The maximum Gasteiger partial charge on any atom is 0.235 e. The van der Waals surface area contributed by atoms with E-state index < -0.39 is 30.1 Å². The van der Waals surface area contributed by atoms with Crippen LogP contribution in [-0.2, 0) is 4.79 Å². The van der Waals surface area contributed by atoms with E-state index in [1.54, 1.807) is 24.4 Å². The van der Waals surface area contributed by atoms with Crippen LogP contribution in [0.5, 0.6) is 0 Å². The average Bonchev–Trinajstić information content (AvgIpc) is 3.25. The van der Waals surface area contributed by atoms with Gasteiger partial charge in [-0.3, -0.25) is 14.8 Å². The van der Waals surface area contributed by atoms with Crippen molar-refractivity contribution in [3.63, 3.8) is 0 Å². The molecule has 0 aliphatic rings. The Balaban J connectivity index is 1.52. The molecular weight excluding hydrogens is 452 g/mol. The van der Waals surface area contributed by atoms with Gasteiger partial charge in [-0.1, -0.05) is 18.2 Å². The van der Waals surface area contributed by atoms with Crippen molar-refractivity contribution >= 4 is 22.8 Å². The summed E-state index contributed by atoms with van der Waals surface area (Å²) >= 11 is 0. The van der Waals surface area contributed by atoms with Crippen LogP contribution in [0.3, 0.4) is 0 Å². The monoisotopic (exact) mass is 471 g/mol. The van der Waals surface area contributed by atoms with Crippen molar-refractivity contribution in [2.24, 2.45) is 0 Å². The van der Waals surface area contributed by atoms with Gasteiger partial charge in [0.2, 0.25) is 5.91 Å². The number of fused-ring (bicyclic) bond motifs is 1. The molecule has 1 atom stereocenters. The average molecular weight is 471 g/mol. The Kier molecular flexibility index (Phi) is 5.99. The molecule has 0 aliphatic carbocycles. The van der Waals surface area contributed by atoms with Crippen molar-refractivity contribution < 1.29 is 18.7 Å². The number of anilines is 1. The van der Waals surface area contributed by atoms with Gasteiger partial charge < -0.3 is 15.4 Å². The number of hydrogen-bond donors (Lipinski definition) is 3. The fourth-order valence-electron chi connectivity index (χ4n) is 3.93. The zero-order valence-electron chi connectivity index (χ0n) is 18.2. The lowest BCUT2D eigenvalue weighted by Gasteiger charge is -2.15. The number of amides is 1. The van der Waals surface area contributed by atoms with Crippen LogP contribution >= 0.6 is 0 Å². The summed E-state index contributed by atoms with van der Waals surface area (Å²) in [7, 11) is 0. The second-order valence-corrected chi connectivity index (χ2v) is 7.85. The summed E-state index contributed by atoms with van der Waals surface area (Å²) in [4.78, 5) is 29.0. The van der Waals surface area contributed by atoms with Gasteiger partial charge in [-0.15, -0.1) is 0 Å². The molecule has 7 nitrogen and oxygen atoms in total. The number of carbonyl (C=O) groups excluding carboxylic acids is 1. The Morgan fingerprint density at radius 1 is 0.971 bits per heavy atom. The van der Waals surface area contributed by atoms with Crippen molar-refractivity contribution in [2.45, 2.75) is 5.92 Å². The van der Waals surface area contributed by atoms with E-state index in [0.717, 1.165) is 6.20 Å². The lowest BCUT2D eigenvalue weighted by Crippen LogP contribution is -2.24. The maximum atomic E-state index is 13.9. The van der Waals surface area contributed by atoms with Crippen molar-refractivity contribution in [1.82, 2.24) is 19.9 Å². The molecule has 1 aromatic carbocycles. The first-order valence-corrected chi connectivity index (χ1v) is 10.8. The van der Waals surface area contributed by atoms with Gasteiger partial charge >= 0.3 is 0 Å². The van der Waals surface area contributed by atoms with Crippen LogP contribution < -0.4 is 5.32 Å². The number of aliphatic hydroxyl groups is 1. The Morgan fingerprint density at radius 3 is 2.54 bits per heavy atom. The highest BCUT2D eigenvalue weighted by molar-refractivity contribution is 6.01. The zero-order chi connectivity index (χ0) is 24.4. The predicted molar refractivity (Wildman–Crippen MR) is 127 cm³/mol. The van der Waals surface area contributed by atoms with E-state index >= 15 is 0 Å². The fraction of sp³-hybridized carbons (Fsp3) is 0.0769. The number of carbonyl (C=O) groups is 1. The number of nitrogens with one attached hydrogen (secondary N) is 2. The Bertz CT molecular complexity index is 1500. The highest BCUT2D eigenvalue weighted by atomic mass is 19.1. The Morgan fingerprint density at radius 2 is 1.80 bits per heavy atom. The first-order chi connectivity index (χ1) is 17.0. The molecule has 0 saturated heterocycles. The van der Waals surface area contributed by atoms with E-state index in [2.05, 4.69) is 25.3 Å². The molecular formula is C26H19F2N5O2. The van der Waals surface area contributed by atoms with Crippen molar-refractivity contribution in [3.8, 4) is 22.5 Å². The van der Waals surface area contributed by atoms with E-state index in [0.29, 0.717) is 39.1 Å². The minimum Gasteiger partial charge on any atom is -0.395 e. The fourth-order valence-corrected chi connectivity index (χ4v) is 3.93. The zero-order valence-corrected chi connectivity index (χ0v) is 18.2. The van der Waals surface area contributed by atoms with Crippen LogP contribution in [-0.4, -0.2) is 37.6 Å². The molecule has 4 heterocycles. The van der Waals surface area contributed by atoms with Gasteiger partial charge in [0.15, 0.2) is 0 Å². The van der Waals surface area contributed by atoms with Crippen molar-refractivity contribution in [2.75, 3.05) is 11.9 Å². The minimum atomic E-state index is -0.898. The van der Waals surface area contributed by atoms with Crippen molar-refractivity contribution in [3.05, 3.63) is 96.5 Å². The Labute approximate surface area is 198 Å². The topological polar surface area (TPSA) is 104 Å². The highest BCUT2D eigenvalue weighted by Crippen LogP contribution is 2.37. The normalized spacial score (nSPS) is 12.0. The molecule has 35 heavy (non-hydrogen) atoms. The van der Waals surface area contributed by atoms with Gasteiger partial charge in [0.1, 0.15) is 17.5 Å². The molecule has 9 heteroatoms. The molecule has 0 spiro atoms. The number of aliphatic hydroxyl groups excluding tert-OH is 1. The Hall–Kier alpha value is -4.50. The number of pyridine rings is 3. The summed E-state index contributed by atoms with van der Waals surface area (Å²) in [6.07, 6.45) is 4.33. The molecule has 4 aromatic heterocycles. The molecule has 5 aromatic rings. The summed E-state index contributed by atoms with van der Waals surface area (Å²) < 4.78 is 27.1. The smallest absolute Gasteiger partial charge is 0.235 e. The van der Waals surface area contributed by atoms with Gasteiger partial charge in [-0.2, -0.15) is 0 Å². The summed E-state index contributed by atoms with van der Waals surface area (Å²) in [5.74, 6) is -2.05. The van der Waals surface area contributed by atoms with Crippen LogP contribution in [0.4, 0.5) is 14.6 Å².